The highest BCUT2D eigenvalue weighted by molar-refractivity contribution is 5.99. The first kappa shape index (κ1) is 32.4. The number of hydrogen-bond acceptors (Lipinski definition) is 4. The first-order valence-corrected chi connectivity index (χ1v) is 20.0. The monoisotopic (exact) mass is 670 g/mol. The zero-order valence-electron chi connectivity index (χ0n) is 29.6. The van der Waals surface area contributed by atoms with E-state index in [4.69, 9.17) is 0 Å². The Kier molecular flexibility index (Phi) is 9.03. The minimum Gasteiger partial charge on any atom is -0.349 e. The fourth-order valence-corrected chi connectivity index (χ4v) is 11.1. The molecule has 2 saturated carbocycles. The highest BCUT2D eigenvalue weighted by Gasteiger charge is 2.44. The molecule has 4 atom stereocenters. The Morgan fingerprint density at radius 1 is 0.480 bits per heavy atom. The lowest BCUT2D eigenvalue weighted by molar-refractivity contribution is 0.0918. The highest BCUT2D eigenvalue weighted by atomic mass is 16.2. The molecule has 0 aromatic heterocycles. The second kappa shape index (κ2) is 13.9. The minimum absolute atomic E-state index is 0.0513. The number of amides is 2. The topological polar surface area (TPSA) is 64.7 Å². The van der Waals surface area contributed by atoms with Gasteiger partial charge in [-0.05, 0) is 155 Å². The van der Waals surface area contributed by atoms with E-state index in [9.17, 15) is 9.59 Å². The molecule has 4 fully saturated rings. The Hall–Kier alpha value is -3.48. The van der Waals surface area contributed by atoms with Crippen LogP contribution < -0.4 is 10.6 Å². The summed E-state index contributed by atoms with van der Waals surface area (Å²) in [6.45, 7) is 2.38. The molecule has 9 rings (SSSR count). The van der Waals surface area contributed by atoms with E-state index in [2.05, 4.69) is 69.0 Å². The molecule has 2 N–H and O–H groups in total. The van der Waals surface area contributed by atoms with Gasteiger partial charge in [0.25, 0.3) is 11.8 Å². The SMILES string of the molecule is O=C(NC1CCC(CCN2C3CC[C@@H]2c2ccccc23)CC1)c1cccc(C(=O)NC2CCC(CCN3[C@@H]4CC[C@H]3c3ccccc34)CC2)c1. The van der Waals surface area contributed by atoms with Crippen LogP contribution in [0.25, 0.3) is 0 Å². The van der Waals surface area contributed by atoms with Gasteiger partial charge in [0.15, 0.2) is 0 Å². The summed E-state index contributed by atoms with van der Waals surface area (Å²) in [6, 6.07) is 28.4. The zero-order valence-corrected chi connectivity index (χ0v) is 29.6. The summed E-state index contributed by atoms with van der Waals surface area (Å²) in [5.41, 5.74) is 7.46. The molecule has 3 aromatic carbocycles. The summed E-state index contributed by atoms with van der Waals surface area (Å²) in [4.78, 5) is 32.1. The molecule has 2 aliphatic carbocycles. The Labute approximate surface area is 298 Å². The molecule has 0 spiro atoms. The quantitative estimate of drug-likeness (QED) is 0.226. The molecule has 4 aliphatic heterocycles. The van der Waals surface area contributed by atoms with Crippen molar-refractivity contribution >= 4 is 11.8 Å². The smallest absolute Gasteiger partial charge is 0.251 e. The van der Waals surface area contributed by atoms with Gasteiger partial charge in [-0.25, -0.2) is 0 Å². The number of rotatable bonds is 10. The molecule has 6 aliphatic rings. The summed E-state index contributed by atoms with van der Waals surface area (Å²) in [5, 5.41) is 6.61. The van der Waals surface area contributed by atoms with Crippen molar-refractivity contribution in [1.82, 2.24) is 20.4 Å². The largest absolute Gasteiger partial charge is 0.349 e. The van der Waals surface area contributed by atoms with Gasteiger partial charge in [-0.2, -0.15) is 0 Å². The maximum absolute atomic E-state index is 13.3. The third-order valence-electron chi connectivity index (χ3n) is 13.8. The van der Waals surface area contributed by atoms with E-state index in [-0.39, 0.29) is 23.9 Å². The Bertz CT molecular complexity index is 1520. The lowest BCUT2D eigenvalue weighted by Gasteiger charge is -2.31. The van der Waals surface area contributed by atoms with E-state index in [1.54, 1.807) is 28.3 Å². The van der Waals surface area contributed by atoms with Crippen LogP contribution in [-0.2, 0) is 0 Å². The van der Waals surface area contributed by atoms with Crippen LogP contribution in [0.15, 0.2) is 72.8 Å². The van der Waals surface area contributed by atoms with Gasteiger partial charge in [0, 0.05) is 47.4 Å². The second-order valence-corrected chi connectivity index (χ2v) is 16.5. The van der Waals surface area contributed by atoms with Crippen LogP contribution in [0.5, 0.6) is 0 Å². The predicted molar refractivity (Wildman–Crippen MR) is 198 cm³/mol. The van der Waals surface area contributed by atoms with E-state index < -0.39 is 0 Å². The first-order chi connectivity index (χ1) is 24.6. The number of hydrogen-bond donors (Lipinski definition) is 2. The van der Waals surface area contributed by atoms with Gasteiger partial charge in [-0.3, -0.25) is 19.4 Å². The van der Waals surface area contributed by atoms with Gasteiger partial charge in [0.2, 0.25) is 0 Å². The van der Waals surface area contributed by atoms with Gasteiger partial charge >= 0.3 is 0 Å². The van der Waals surface area contributed by atoms with Crippen molar-refractivity contribution in [2.45, 2.75) is 126 Å². The normalized spacial score (nSPS) is 31.4. The third-order valence-corrected chi connectivity index (χ3v) is 13.8. The van der Waals surface area contributed by atoms with Crippen LogP contribution in [-0.4, -0.2) is 46.8 Å². The van der Waals surface area contributed by atoms with Crippen molar-refractivity contribution in [1.29, 1.82) is 0 Å². The van der Waals surface area contributed by atoms with Crippen LogP contribution in [0.1, 0.15) is 157 Å². The number of nitrogens with one attached hydrogen (secondary N) is 2. The predicted octanol–water partition coefficient (Wildman–Crippen LogP) is 8.83. The molecule has 262 valence electrons. The Morgan fingerprint density at radius 3 is 1.20 bits per heavy atom. The average molecular weight is 671 g/mol. The highest BCUT2D eigenvalue weighted by Crippen LogP contribution is 2.54. The fraction of sp³-hybridized carbons (Fsp3) is 0.545. The van der Waals surface area contributed by atoms with Gasteiger partial charge < -0.3 is 10.6 Å². The van der Waals surface area contributed by atoms with Crippen molar-refractivity contribution in [3.05, 3.63) is 106 Å². The molecule has 1 unspecified atom stereocenters. The van der Waals surface area contributed by atoms with Crippen molar-refractivity contribution in [2.24, 2.45) is 11.8 Å². The van der Waals surface area contributed by atoms with Crippen LogP contribution in [0.3, 0.4) is 0 Å². The van der Waals surface area contributed by atoms with Crippen LogP contribution in [0.4, 0.5) is 0 Å². The fourth-order valence-electron chi connectivity index (χ4n) is 11.1. The molecule has 50 heavy (non-hydrogen) atoms. The maximum Gasteiger partial charge on any atom is 0.251 e. The average Bonchev–Trinajstić information content (AvgIpc) is 3.92. The molecule has 2 saturated heterocycles. The molecule has 4 heterocycles. The van der Waals surface area contributed by atoms with E-state index in [1.165, 1.54) is 77.3 Å². The third kappa shape index (κ3) is 6.21. The van der Waals surface area contributed by atoms with E-state index in [0.29, 0.717) is 35.3 Å². The Morgan fingerprint density at radius 2 is 0.840 bits per heavy atom. The van der Waals surface area contributed by atoms with Crippen molar-refractivity contribution in [3.63, 3.8) is 0 Å². The van der Waals surface area contributed by atoms with Gasteiger partial charge in [-0.1, -0.05) is 54.6 Å². The number of nitrogens with zero attached hydrogens (tertiary/aromatic N) is 2. The molecule has 4 bridgehead atoms. The summed E-state index contributed by atoms with van der Waals surface area (Å²) < 4.78 is 0. The van der Waals surface area contributed by atoms with E-state index >= 15 is 0 Å². The number of carbonyl (C=O) groups excluding carboxylic acids is 2. The standard InChI is InChI=1S/C44H54N4O2/c49-43(45-33-16-12-29(13-17-33)24-26-47-39-20-21-40(47)36-9-2-1-8-35(36)39)31-6-5-7-32(28-31)44(50)46-34-18-14-30(15-19-34)25-27-48-41-22-23-42(48)38-11-4-3-10-37(38)41/h1-11,28-30,33-34,39-42H,12-27H2,(H,45,49)(H,46,50)/t29?,30?,33?,34?,39-,40+,41-,42?/m1/s1. The van der Waals surface area contributed by atoms with E-state index in [1.807, 2.05) is 18.2 Å². The van der Waals surface area contributed by atoms with Crippen LogP contribution in [0.2, 0.25) is 0 Å². The van der Waals surface area contributed by atoms with Gasteiger partial charge in [0.05, 0.1) is 0 Å². The Balaban J connectivity index is 0.698. The molecule has 6 nitrogen and oxygen atoms in total. The number of benzene rings is 3. The molecular formula is C44H54N4O2. The lowest BCUT2D eigenvalue weighted by atomic mass is 9.83. The molecule has 0 radical (unpaired) electrons. The number of carbonyl (C=O) groups is 2. The lowest BCUT2D eigenvalue weighted by Crippen LogP contribution is -2.39. The minimum atomic E-state index is -0.0513. The summed E-state index contributed by atoms with van der Waals surface area (Å²) in [5.74, 6) is 1.38. The first-order valence-electron chi connectivity index (χ1n) is 20.0. The number of fused-ring (bicyclic) bond motifs is 10. The molecule has 6 heteroatoms. The summed E-state index contributed by atoms with van der Waals surface area (Å²) >= 11 is 0. The van der Waals surface area contributed by atoms with Gasteiger partial charge in [-0.15, -0.1) is 0 Å². The van der Waals surface area contributed by atoms with Crippen LogP contribution >= 0.6 is 0 Å². The second-order valence-electron chi connectivity index (χ2n) is 16.5. The molecule has 2 amide bonds. The molecule has 3 aromatic rings. The van der Waals surface area contributed by atoms with Crippen molar-refractivity contribution in [3.8, 4) is 0 Å². The van der Waals surface area contributed by atoms with E-state index in [0.717, 1.165) is 37.5 Å². The summed E-state index contributed by atoms with van der Waals surface area (Å²) in [7, 11) is 0. The van der Waals surface area contributed by atoms with Crippen LogP contribution in [0, 0.1) is 11.8 Å². The molecular weight excluding hydrogens is 617 g/mol. The zero-order chi connectivity index (χ0) is 33.6. The summed E-state index contributed by atoms with van der Waals surface area (Å²) in [6.07, 6.45) is 16.6. The van der Waals surface area contributed by atoms with Crippen molar-refractivity contribution < 1.29 is 9.59 Å². The maximum atomic E-state index is 13.3. The van der Waals surface area contributed by atoms with Crippen molar-refractivity contribution in [2.75, 3.05) is 13.1 Å². The van der Waals surface area contributed by atoms with Gasteiger partial charge in [0.1, 0.15) is 0 Å².